The Hall–Kier alpha value is -0.873. The average Bonchev–Trinajstić information content (AvgIpc) is 2.28. The third kappa shape index (κ3) is 2.43. The molecule has 2 nitrogen and oxygen atoms in total. The second kappa shape index (κ2) is 4.91. The fourth-order valence-electron chi connectivity index (χ4n) is 2.95. The molecule has 0 bridgehead atoms. The van der Waals surface area contributed by atoms with Crippen molar-refractivity contribution in [3.63, 3.8) is 0 Å². The lowest BCUT2D eigenvalue weighted by molar-refractivity contribution is 0.0695. The molecule has 0 unspecified atom stereocenters. The van der Waals surface area contributed by atoms with Crippen LogP contribution in [0.5, 0.6) is 0 Å². The molecule has 0 saturated heterocycles. The van der Waals surface area contributed by atoms with Crippen LogP contribution >= 0.6 is 11.6 Å². The molecular weight excluding hydrogens is 283 g/mol. The van der Waals surface area contributed by atoms with E-state index in [0.717, 1.165) is 35.6 Å². The Morgan fingerprint density at radius 1 is 1.21 bits per heavy atom. The van der Waals surface area contributed by atoms with Crippen molar-refractivity contribution in [2.24, 2.45) is 0 Å². The van der Waals surface area contributed by atoms with Crippen molar-refractivity contribution >= 4 is 30.8 Å². The van der Waals surface area contributed by atoms with Gasteiger partial charge in [0.2, 0.25) is 0 Å². The van der Waals surface area contributed by atoms with Gasteiger partial charge in [-0.05, 0) is 42.0 Å². The highest BCUT2D eigenvalue weighted by atomic mass is 35.5. The summed E-state index contributed by atoms with van der Waals surface area (Å²) in [7, 11) is -1.90. The van der Waals surface area contributed by atoms with E-state index in [2.05, 4.69) is 19.6 Å². The molecule has 0 radical (unpaired) electrons. The maximum Gasteiger partial charge on any atom is 0.337 e. The smallest absolute Gasteiger partial charge is 0.337 e. The lowest BCUT2D eigenvalue weighted by atomic mass is 9.88. The van der Waals surface area contributed by atoms with E-state index in [0.29, 0.717) is 6.42 Å². The van der Waals surface area contributed by atoms with Crippen molar-refractivity contribution in [1.82, 2.24) is 0 Å². The number of benzene rings is 1. The molecule has 0 spiro atoms. The fourth-order valence-corrected chi connectivity index (χ4v) is 5.28. The van der Waals surface area contributed by atoms with Crippen LogP contribution in [0.2, 0.25) is 24.7 Å². The minimum Gasteiger partial charge on any atom is -0.478 e. The van der Waals surface area contributed by atoms with Gasteiger partial charge in [0.1, 0.15) is 5.82 Å². The van der Waals surface area contributed by atoms with Crippen LogP contribution in [0.3, 0.4) is 0 Å². The van der Waals surface area contributed by atoms with Gasteiger partial charge in [-0.25, -0.2) is 9.18 Å². The molecule has 1 aromatic carbocycles. The maximum atomic E-state index is 14.5. The van der Waals surface area contributed by atoms with Gasteiger partial charge in [-0.3, -0.25) is 0 Å². The van der Waals surface area contributed by atoms with Crippen molar-refractivity contribution < 1.29 is 14.3 Å². The highest BCUT2D eigenvalue weighted by molar-refractivity contribution is 6.89. The summed E-state index contributed by atoms with van der Waals surface area (Å²) in [6, 6.07) is 0. The van der Waals surface area contributed by atoms with Gasteiger partial charge in [0.15, 0.2) is 0 Å². The normalized spacial score (nSPS) is 15.2. The predicted octanol–water partition coefficient (Wildman–Crippen LogP) is 3.60. The summed E-state index contributed by atoms with van der Waals surface area (Å²) in [5, 5.41) is 9.82. The monoisotopic (exact) mass is 300 g/mol. The van der Waals surface area contributed by atoms with Gasteiger partial charge in [0, 0.05) is 0 Å². The number of carboxylic acids is 1. The average molecular weight is 301 g/mol. The molecule has 0 saturated carbocycles. The quantitative estimate of drug-likeness (QED) is 0.847. The van der Waals surface area contributed by atoms with Gasteiger partial charge in [-0.15, -0.1) is 0 Å². The second-order valence-corrected chi connectivity index (χ2v) is 11.5. The Morgan fingerprint density at radius 2 is 1.74 bits per heavy atom. The van der Waals surface area contributed by atoms with Crippen LogP contribution in [-0.2, 0) is 12.8 Å². The van der Waals surface area contributed by atoms with Crippen LogP contribution in [0.1, 0.15) is 34.3 Å². The predicted molar refractivity (Wildman–Crippen MR) is 78.0 cm³/mol. The van der Waals surface area contributed by atoms with E-state index in [4.69, 9.17) is 11.6 Å². The van der Waals surface area contributed by atoms with Crippen LogP contribution in [0.4, 0.5) is 4.39 Å². The zero-order valence-corrected chi connectivity index (χ0v) is 13.2. The lowest BCUT2D eigenvalue weighted by Gasteiger charge is -2.29. The summed E-state index contributed by atoms with van der Waals surface area (Å²) in [6.07, 6.45) is 3.39. The maximum absolute atomic E-state index is 14.5. The topological polar surface area (TPSA) is 37.3 Å². The van der Waals surface area contributed by atoms with E-state index in [9.17, 15) is 14.3 Å². The SMILES string of the molecule is C[Si](C)(C)c1c(F)c(Cl)c(C(=O)O)c2c1CCCC2. The number of carbonyl (C=O) groups is 1. The molecule has 1 aromatic rings. The number of halogens is 2. The zero-order chi connectivity index (χ0) is 14.4. The molecule has 1 aliphatic rings. The van der Waals surface area contributed by atoms with Crippen LogP contribution in [0, 0.1) is 5.82 Å². The highest BCUT2D eigenvalue weighted by Crippen LogP contribution is 2.32. The first-order chi connectivity index (χ1) is 8.75. The molecule has 19 heavy (non-hydrogen) atoms. The van der Waals surface area contributed by atoms with Crippen molar-refractivity contribution in [3.05, 3.63) is 27.5 Å². The number of fused-ring (bicyclic) bond motifs is 1. The van der Waals surface area contributed by atoms with Crippen LogP contribution in [-0.4, -0.2) is 19.1 Å². The van der Waals surface area contributed by atoms with Gasteiger partial charge in [0.05, 0.1) is 18.7 Å². The largest absolute Gasteiger partial charge is 0.478 e. The Kier molecular flexibility index (Phi) is 3.75. The first-order valence-electron chi connectivity index (χ1n) is 6.51. The summed E-state index contributed by atoms with van der Waals surface area (Å²) in [5.74, 6) is -1.62. The Morgan fingerprint density at radius 3 is 2.21 bits per heavy atom. The second-order valence-electron chi connectivity index (χ2n) is 6.10. The summed E-state index contributed by atoms with van der Waals surface area (Å²) in [6.45, 7) is 6.20. The van der Waals surface area contributed by atoms with Gasteiger partial charge in [0.25, 0.3) is 0 Å². The van der Waals surface area contributed by atoms with Crippen LogP contribution in [0.25, 0.3) is 0 Å². The molecule has 1 aliphatic carbocycles. The summed E-state index contributed by atoms with van der Waals surface area (Å²) >= 11 is 6.00. The lowest BCUT2D eigenvalue weighted by Crippen LogP contribution is -2.44. The number of hydrogen-bond donors (Lipinski definition) is 1. The van der Waals surface area contributed by atoms with Crippen molar-refractivity contribution in [2.75, 3.05) is 0 Å². The van der Waals surface area contributed by atoms with Crippen LogP contribution in [0.15, 0.2) is 0 Å². The highest BCUT2D eigenvalue weighted by Gasteiger charge is 2.33. The van der Waals surface area contributed by atoms with E-state index in [-0.39, 0.29) is 10.6 Å². The molecular formula is C14H18ClFO2Si. The molecule has 0 aromatic heterocycles. The van der Waals surface area contributed by atoms with Crippen molar-refractivity contribution in [1.29, 1.82) is 0 Å². The molecule has 0 fully saturated rings. The van der Waals surface area contributed by atoms with E-state index < -0.39 is 19.9 Å². The zero-order valence-electron chi connectivity index (χ0n) is 11.4. The third-order valence-electron chi connectivity index (χ3n) is 3.67. The Balaban J connectivity index is 2.85. The number of hydrogen-bond acceptors (Lipinski definition) is 1. The molecule has 5 heteroatoms. The fraction of sp³-hybridized carbons (Fsp3) is 0.500. The standard InChI is InChI=1S/C14H18ClFO2Si/c1-19(2,3)13-9-7-5-4-6-8(9)10(14(17)18)11(15)12(13)16/h4-7H2,1-3H3,(H,17,18). The molecule has 0 atom stereocenters. The Labute approximate surface area is 118 Å². The summed E-state index contributed by atoms with van der Waals surface area (Å²) in [4.78, 5) is 11.4. The molecule has 0 heterocycles. The number of aromatic carboxylic acids is 1. The molecule has 0 amide bonds. The number of carboxylic acid groups (broad SMARTS) is 1. The van der Waals surface area contributed by atoms with Gasteiger partial charge >= 0.3 is 5.97 Å². The molecule has 2 rings (SSSR count). The summed E-state index contributed by atoms with van der Waals surface area (Å²) < 4.78 is 14.5. The summed E-state index contributed by atoms with van der Waals surface area (Å²) in [5.41, 5.74) is 1.67. The van der Waals surface area contributed by atoms with E-state index in [1.54, 1.807) is 0 Å². The van der Waals surface area contributed by atoms with Crippen molar-refractivity contribution in [2.45, 2.75) is 45.3 Å². The van der Waals surface area contributed by atoms with Gasteiger partial charge in [-0.2, -0.15) is 0 Å². The third-order valence-corrected chi connectivity index (χ3v) is 6.04. The van der Waals surface area contributed by atoms with Crippen molar-refractivity contribution in [3.8, 4) is 0 Å². The Bertz CT molecular complexity index is 550. The molecule has 0 aliphatic heterocycles. The first-order valence-corrected chi connectivity index (χ1v) is 10.4. The van der Waals surface area contributed by atoms with E-state index >= 15 is 0 Å². The first kappa shape index (κ1) is 14.5. The van der Waals surface area contributed by atoms with Gasteiger partial charge < -0.3 is 5.11 Å². The molecule has 1 N–H and O–H groups in total. The molecule has 104 valence electrons. The van der Waals surface area contributed by atoms with E-state index in [1.165, 1.54) is 0 Å². The van der Waals surface area contributed by atoms with E-state index in [1.807, 2.05) is 0 Å². The minimum absolute atomic E-state index is 0.0177. The number of rotatable bonds is 2. The minimum atomic E-state index is -1.90. The van der Waals surface area contributed by atoms with Crippen LogP contribution < -0.4 is 5.19 Å². The van der Waals surface area contributed by atoms with Gasteiger partial charge in [-0.1, -0.05) is 31.2 Å².